The molecule has 96 valence electrons. The molecular weight excluding hydrogens is 238 g/mol. The van der Waals surface area contributed by atoms with E-state index in [1.165, 1.54) is 11.8 Å². The van der Waals surface area contributed by atoms with E-state index in [0.29, 0.717) is 13.1 Å². The number of carbonyl (C=O) groups is 1. The molecule has 0 fully saturated rings. The number of aromatic nitrogens is 3. The van der Waals surface area contributed by atoms with Crippen molar-refractivity contribution in [2.75, 3.05) is 13.6 Å². The van der Waals surface area contributed by atoms with Gasteiger partial charge in [-0.25, -0.2) is 0 Å². The van der Waals surface area contributed by atoms with Crippen LogP contribution in [0.4, 0.5) is 0 Å². The Kier molecular flexibility index (Phi) is 5.43. The number of hydrogen-bond acceptors (Lipinski definition) is 5. The molecule has 7 heteroatoms. The topological polar surface area (TPSA) is 71.8 Å². The van der Waals surface area contributed by atoms with Gasteiger partial charge in [0.25, 0.3) is 0 Å². The second-order valence-electron chi connectivity index (χ2n) is 3.64. The van der Waals surface area contributed by atoms with Gasteiger partial charge < -0.3 is 15.2 Å². The molecule has 0 aliphatic carbocycles. The van der Waals surface area contributed by atoms with Crippen LogP contribution in [0.3, 0.4) is 0 Å². The molecular formula is C10H19N5OS. The minimum atomic E-state index is -0.166. The molecule has 17 heavy (non-hydrogen) atoms. The van der Waals surface area contributed by atoms with E-state index in [0.717, 1.165) is 11.0 Å². The van der Waals surface area contributed by atoms with Gasteiger partial charge in [-0.15, -0.1) is 10.2 Å². The average molecular weight is 257 g/mol. The lowest BCUT2D eigenvalue weighted by atomic mass is 10.4. The maximum absolute atomic E-state index is 11.6. The number of hydrogen-bond donors (Lipinski definition) is 2. The Hall–Kier alpha value is -1.08. The fraction of sp³-hybridized carbons (Fsp3) is 0.700. The Morgan fingerprint density at radius 1 is 1.53 bits per heavy atom. The van der Waals surface area contributed by atoms with Gasteiger partial charge in [-0.05, 0) is 20.9 Å². The summed E-state index contributed by atoms with van der Waals surface area (Å²) in [6.07, 6.45) is 0. The predicted molar refractivity (Wildman–Crippen MR) is 67.8 cm³/mol. The molecule has 0 saturated carbocycles. The molecule has 0 saturated heterocycles. The van der Waals surface area contributed by atoms with E-state index in [1.54, 1.807) is 0 Å². The Balaban J connectivity index is 2.65. The average Bonchev–Trinajstić information content (AvgIpc) is 2.62. The molecule has 0 spiro atoms. The van der Waals surface area contributed by atoms with Gasteiger partial charge in [0.1, 0.15) is 5.82 Å². The normalized spacial score (nSPS) is 12.5. The van der Waals surface area contributed by atoms with Crippen molar-refractivity contribution in [1.29, 1.82) is 0 Å². The molecule has 1 atom stereocenters. The highest BCUT2D eigenvalue weighted by Gasteiger charge is 2.17. The predicted octanol–water partition coefficient (Wildman–Crippen LogP) is 0.151. The van der Waals surface area contributed by atoms with Crippen molar-refractivity contribution in [3.63, 3.8) is 0 Å². The van der Waals surface area contributed by atoms with Gasteiger partial charge in [-0.1, -0.05) is 11.8 Å². The van der Waals surface area contributed by atoms with Crippen LogP contribution in [0.25, 0.3) is 0 Å². The molecule has 0 aliphatic rings. The zero-order valence-corrected chi connectivity index (χ0v) is 11.5. The Morgan fingerprint density at radius 3 is 2.82 bits per heavy atom. The molecule has 2 N–H and O–H groups in total. The van der Waals surface area contributed by atoms with Crippen LogP contribution >= 0.6 is 11.8 Å². The highest BCUT2D eigenvalue weighted by molar-refractivity contribution is 8.00. The van der Waals surface area contributed by atoms with Crippen LogP contribution in [0.2, 0.25) is 0 Å². The molecule has 1 aromatic heterocycles. The fourth-order valence-electron chi connectivity index (χ4n) is 1.29. The molecule has 0 aliphatic heterocycles. The van der Waals surface area contributed by atoms with Crippen LogP contribution in [0.5, 0.6) is 0 Å². The first-order valence-corrected chi connectivity index (χ1v) is 6.45. The molecule has 0 unspecified atom stereocenters. The van der Waals surface area contributed by atoms with Gasteiger partial charge in [0.2, 0.25) is 5.91 Å². The third-order valence-electron chi connectivity index (χ3n) is 2.26. The van der Waals surface area contributed by atoms with Gasteiger partial charge in [-0.2, -0.15) is 0 Å². The number of rotatable bonds is 6. The number of nitrogens with zero attached hydrogens (tertiary/aromatic N) is 3. The maximum atomic E-state index is 11.6. The number of amides is 1. The van der Waals surface area contributed by atoms with Crippen LogP contribution < -0.4 is 10.6 Å². The monoisotopic (exact) mass is 257 g/mol. The van der Waals surface area contributed by atoms with E-state index in [9.17, 15) is 4.79 Å². The first kappa shape index (κ1) is 14.0. The van der Waals surface area contributed by atoms with Gasteiger partial charge in [0.05, 0.1) is 11.8 Å². The molecule has 0 radical (unpaired) electrons. The Labute approximate surface area is 106 Å². The second kappa shape index (κ2) is 6.61. The fourth-order valence-corrected chi connectivity index (χ4v) is 2.15. The van der Waals surface area contributed by atoms with Crippen molar-refractivity contribution < 1.29 is 4.79 Å². The minimum absolute atomic E-state index is 0.0238. The molecule has 1 heterocycles. The Morgan fingerprint density at radius 2 is 2.24 bits per heavy atom. The lowest BCUT2D eigenvalue weighted by Crippen LogP contribution is -2.30. The zero-order valence-electron chi connectivity index (χ0n) is 10.6. The van der Waals surface area contributed by atoms with Crippen molar-refractivity contribution in [2.45, 2.75) is 30.8 Å². The van der Waals surface area contributed by atoms with Crippen molar-refractivity contribution in [1.82, 2.24) is 25.4 Å². The number of thioether (sulfide) groups is 1. The second-order valence-corrected chi connectivity index (χ2v) is 4.95. The molecule has 6 nitrogen and oxygen atoms in total. The summed E-state index contributed by atoms with van der Waals surface area (Å²) in [5.41, 5.74) is 0. The summed E-state index contributed by atoms with van der Waals surface area (Å²) in [4.78, 5) is 11.6. The molecule has 1 amide bonds. The standard InChI is InChI=1S/C10H19N5OS/c1-5-12-9(16)7(2)17-10-14-13-8(6-11-3)15(10)4/h7,11H,5-6H2,1-4H3,(H,12,16)/t7-/m0/s1. The SMILES string of the molecule is CCNC(=O)[C@H](C)Sc1nnc(CNC)n1C. The highest BCUT2D eigenvalue weighted by Crippen LogP contribution is 2.21. The summed E-state index contributed by atoms with van der Waals surface area (Å²) < 4.78 is 1.90. The van der Waals surface area contributed by atoms with Gasteiger partial charge in [-0.3, -0.25) is 4.79 Å². The van der Waals surface area contributed by atoms with Crippen molar-refractivity contribution in [2.24, 2.45) is 7.05 Å². The first-order valence-electron chi connectivity index (χ1n) is 5.57. The van der Waals surface area contributed by atoms with E-state index in [1.807, 2.05) is 32.5 Å². The summed E-state index contributed by atoms with van der Waals surface area (Å²) in [6, 6.07) is 0. The molecule has 1 rings (SSSR count). The quantitative estimate of drug-likeness (QED) is 0.710. The third-order valence-corrected chi connectivity index (χ3v) is 3.40. The van der Waals surface area contributed by atoms with Gasteiger partial charge in [0, 0.05) is 13.6 Å². The lowest BCUT2D eigenvalue weighted by Gasteiger charge is -2.10. The summed E-state index contributed by atoms with van der Waals surface area (Å²) >= 11 is 1.41. The molecule has 0 aromatic carbocycles. The van der Waals surface area contributed by atoms with E-state index >= 15 is 0 Å². The molecule has 1 aromatic rings. The Bertz CT molecular complexity index is 379. The van der Waals surface area contributed by atoms with E-state index in [-0.39, 0.29) is 11.2 Å². The third kappa shape index (κ3) is 3.71. The zero-order chi connectivity index (χ0) is 12.8. The van der Waals surface area contributed by atoms with Crippen LogP contribution in [-0.4, -0.2) is 39.5 Å². The largest absolute Gasteiger partial charge is 0.355 e. The smallest absolute Gasteiger partial charge is 0.233 e. The summed E-state index contributed by atoms with van der Waals surface area (Å²) in [5.74, 6) is 0.883. The van der Waals surface area contributed by atoms with Crippen LogP contribution in [0, 0.1) is 0 Å². The summed E-state index contributed by atoms with van der Waals surface area (Å²) in [5, 5.41) is 14.5. The number of nitrogens with one attached hydrogen (secondary N) is 2. The van der Waals surface area contributed by atoms with Crippen LogP contribution in [0.1, 0.15) is 19.7 Å². The summed E-state index contributed by atoms with van der Waals surface area (Å²) in [7, 11) is 3.76. The van der Waals surface area contributed by atoms with Crippen LogP contribution in [0.15, 0.2) is 5.16 Å². The van der Waals surface area contributed by atoms with E-state index in [2.05, 4.69) is 20.8 Å². The number of carbonyl (C=O) groups excluding carboxylic acids is 1. The first-order chi connectivity index (χ1) is 8.10. The molecule has 0 bridgehead atoms. The lowest BCUT2D eigenvalue weighted by molar-refractivity contribution is -0.120. The van der Waals surface area contributed by atoms with Crippen LogP contribution in [-0.2, 0) is 18.4 Å². The summed E-state index contributed by atoms with van der Waals surface area (Å²) in [6.45, 7) is 5.08. The van der Waals surface area contributed by atoms with Crippen molar-refractivity contribution in [3.8, 4) is 0 Å². The van der Waals surface area contributed by atoms with E-state index < -0.39 is 0 Å². The van der Waals surface area contributed by atoms with Crippen molar-refractivity contribution >= 4 is 17.7 Å². The van der Waals surface area contributed by atoms with Gasteiger partial charge >= 0.3 is 0 Å². The highest BCUT2D eigenvalue weighted by atomic mass is 32.2. The maximum Gasteiger partial charge on any atom is 0.233 e. The van der Waals surface area contributed by atoms with E-state index in [4.69, 9.17) is 0 Å². The van der Waals surface area contributed by atoms with Gasteiger partial charge in [0.15, 0.2) is 5.16 Å². The minimum Gasteiger partial charge on any atom is -0.355 e. The van der Waals surface area contributed by atoms with Crippen molar-refractivity contribution in [3.05, 3.63) is 5.82 Å².